The second kappa shape index (κ2) is 7.11. The lowest BCUT2D eigenvalue weighted by atomic mass is 10.1. The van der Waals surface area contributed by atoms with Crippen LogP contribution in [0.25, 0.3) is 0 Å². The second-order valence-corrected chi connectivity index (χ2v) is 7.49. The van der Waals surface area contributed by atoms with Crippen LogP contribution in [-0.4, -0.2) is 25.9 Å². The molecule has 7 heteroatoms. The van der Waals surface area contributed by atoms with Crippen LogP contribution >= 0.6 is 0 Å². The predicted molar refractivity (Wildman–Crippen MR) is 91.1 cm³/mol. The highest BCUT2D eigenvalue weighted by molar-refractivity contribution is 7.89. The molecule has 0 spiro atoms. The first-order valence-electron chi connectivity index (χ1n) is 7.86. The number of benzene rings is 1. The van der Waals surface area contributed by atoms with E-state index in [9.17, 15) is 13.2 Å². The molecular weight excluding hydrogens is 326 g/mol. The Morgan fingerprint density at radius 2 is 2.00 bits per heavy atom. The van der Waals surface area contributed by atoms with E-state index in [-0.39, 0.29) is 23.8 Å². The zero-order valence-electron chi connectivity index (χ0n) is 13.2. The van der Waals surface area contributed by atoms with Gasteiger partial charge >= 0.3 is 0 Å². The van der Waals surface area contributed by atoms with Gasteiger partial charge in [-0.3, -0.25) is 9.78 Å². The molecule has 1 heterocycles. The van der Waals surface area contributed by atoms with Gasteiger partial charge in [-0.2, -0.15) is 0 Å². The molecule has 3 rings (SSSR count). The normalized spacial score (nSPS) is 13.5. The molecule has 126 valence electrons. The summed E-state index contributed by atoms with van der Waals surface area (Å²) in [5, 5.41) is 2.67. The number of nitrogens with one attached hydrogen (secondary N) is 2. The molecule has 0 bridgehead atoms. The van der Waals surface area contributed by atoms with E-state index in [2.05, 4.69) is 15.0 Å². The smallest absolute Gasteiger partial charge is 0.240 e. The van der Waals surface area contributed by atoms with Gasteiger partial charge in [-0.15, -0.1) is 0 Å². The Morgan fingerprint density at radius 1 is 1.17 bits per heavy atom. The number of amides is 1. The van der Waals surface area contributed by atoms with E-state index in [1.54, 1.807) is 30.5 Å². The maximum atomic E-state index is 12.3. The van der Waals surface area contributed by atoms with Crippen molar-refractivity contribution in [3.63, 3.8) is 0 Å². The van der Waals surface area contributed by atoms with Crippen LogP contribution in [0.15, 0.2) is 47.6 Å². The molecule has 24 heavy (non-hydrogen) atoms. The van der Waals surface area contributed by atoms with Crippen LogP contribution in [0.3, 0.4) is 0 Å². The first kappa shape index (κ1) is 16.6. The number of pyridine rings is 1. The van der Waals surface area contributed by atoms with Gasteiger partial charge in [0.1, 0.15) is 0 Å². The first-order chi connectivity index (χ1) is 11.5. The average molecular weight is 345 g/mol. The second-order valence-electron chi connectivity index (χ2n) is 5.72. The van der Waals surface area contributed by atoms with Crippen molar-refractivity contribution in [2.24, 2.45) is 0 Å². The molecule has 1 aliphatic carbocycles. The van der Waals surface area contributed by atoms with Crippen molar-refractivity contribution in [1.82, 2.24) is 9.71 Å². The van der Waals surface area contributed by atoms with Gasteiger partial charge in [0.05, 0.1) is 16.8 Å². The molecule has 2 N–H and O–H groups in total. The van der Waals surface area contributed by atoms with Crippen LogP contribution in [0.4, 0.5) is 5.69 Å². The van der Waals surface area contributed by atoms with Crippen molar-refractivity contribution in [2.45, 2.75) is 30.6 Å². The standard InChI is InChI=1S/C17H19N3O3S/c21-17(20-15-5-2-9-18-12-15)8-10-19-24(22,23)16-7-6-13-3-1-4-14(13)11-16/h2,5-7,9,11-12,19H,1,3-4,8,10H2,(H,20,21). The highest BCUT2D eigenvalue weighted by Gasteiger charge is 2.18. The minimum atomic E-state index is -3.59. The number of hydrogen-bond acceptors (Lipinski definition) is 4. The first-order valence-corrected chi connectivity index (χ1v) is 9.34. The number of carbonyl (C=O) groups excluding carboxylic acids is 1. The Kier molecular flexibility index (Phi) is 4.92. The monoisotopic (exact) mass is 345 g/mol. The highest BCUT2D eigenvalue weighted by atomic mass is 32.2. The summed E-state index contributed by atoms with van der Waals surface area (Å²) in [5.74, 6) is -0.264. The minimum Gasteiger partial charge on any atom is -0.325 e. The van der Waals surface area contributed by atoms with Crippen LogP contribution in [0.5, 0.6) is 0 Å². The van der Waals surface area contributed by atoms with Crippen LogP contribution in [0.1, 0.15) is 24.0 Å². The molecule has 0 radical (unpaired) electrons. The van der Waals surface area contributed by atoms with Gasteiger partial charge in [-0.25, -0.2) is 13.1 Å². The van der Waals surface area contributed by atoms with Crippen molar-refractivity contribution in [3.8, 4) is 0 Å². The summed E-state index contributed by atoms with van der Waals surface area (Å²) >= 11 is 0. The number of fused-ring (bicyclic) bond motifs is 1. The Labute approximate surface area is 141 Å². The van der Waals surface area contributed by atoms with E-state index in [1.165, 1.54) is 11.8 Å². The maximum Gasteiger partial charge on any atom is 0.240 e. The summed E-state index contributed by atoms with van der Waals surface area (Å²) in [6.07, 6.45) is 6.21. The molecule has 0 saturated carbocycles. The maximum absolute atomic E-state index is 12.3. The molecule has 0 aliphatic heterocycles. The Hall–Kier alpha value is -2.25. The molecule has 0 saturated heterocycles. The van der Waals surface area contributed by atoms with E-state index >= 15 is 0 Å². The van der Waals surface area contributed by atoms with Gasteiger partial charge < -0.3 is 5.32 Å². The summed E-state index contributed by atoms with van der Waals surface area (Å²) in [5.41, 5.74) is 2.92. The number of sulfonamides is 1. The number of carbonyl (C=O) groups is 1. The Bertz CT molecular complexity index is 835. The Morgan fingerprint density at radius 3 is 2.79 bits per heavy atom. The lowest BCUT2D eigenvalue weighted by Crippen LogP contribution is -2.28. The van der Waals surface area contributed by atoms with Gasteiger partial charge in [-0.05, 0) is 54.7 Å². The van der Waals surface area contributed by atoms with Crippen molar-refractivity contribution >= 4 is 21.6 Å². The summed E-state index contributed by atoms with van der Waals surface area (Å²) in [4.78, 5) is 16.0. The molecule has 1 aromatic heterocycles. The summed E-state index contributed by atoms with van der Waals surface area (Å²) in [6, 6.07) is 8.68. The number of rotatable bonds is 6. The number of aromatic nitrogens is 1. The molecule has 0 fully saturated rings. The number of nitrogens with zero attached hydrogens (tertiary/aromatic N) is 1. The largest absolute Gasteiger partial charge is 0.325 e. The van der Waals surface area contributed by atoms with Gasteiger partial charge in [0.25, 0.3) is 0 Å². The van der Waals surface area contributed by atoms with E-state index in [0.29, 0.717) is 5.69 Å². The van der Waals surface area contributed by atoms with E-state index in [1.807, 2.05) is 6.07 Å². The fourth-order valence-electron chi connectivity index (χ4n) is 2.76. The van der Waals surface area contributed by atoms with Crippen molar-refractivity contribution < 1.29 is 13.2 Å². The van der Waals surface area contributed by atoms with Crippen LogP contribution < -0.4 is 10.0 Å². The molecule has 0 unspecified atom stereocenters. The third-order valence-electron chi connectivity index (χ3n) is 3.97. The third-order valence-corrected chi connectivity index (χ3v) is 5.43. The fourth-order valence-corrected chi connectivity index (χ4v) is 3.84. The third kappa shape index (κ3) is 3.98. The van der Waals surface area contributed by atoms with E-state index < -0.39 is 10.0 Å². The van der Waals surface area contributed by atoms with Crippen molar-refractivity contribution in [3.05, 3.63) is 53.9 Å². The molecule has 2 aromatic rings. The van der Waals surface area contributed by atoms with Crippen LogP contribution in [0, 0.1) is 0 Å². The average Bonchev–Trinajstić information content (AvgIpc) is 3.03. The highest BCUT2D eigenvalue weighted by Crippen LogP contribution is 2.24. The summed E-state index contributed by atoms with van der Waals surface area (Å²) < 4.78 is 27.1. The molecule has 6 nitrogen and oxygen atoms in total. The van der Waals surface area contributed by atoms with Crippen LogP contribution in [-0.2, 0) is 27.7 Å². The van der Waals surface area contributed by atoms with Crippen LogP contribution in [0.2, 0.25) is 0 Å². The van der Waals surface area contributed by atoms with Gasteiger partial charge in [0.15, 0.2) is 0 Å². The number of hydrogen-bond donors (Lipinski definition) is 2. The fraction of sp³-hybridized carbons (Fsp3) is 0.294. The minimum absolute atomic E-state index is 0.0471. The lowest BCUT2D eigenvalue weighted by molar-refractivity contribution is -0.116. The quantitative estimate of drug-likeness (QED) is 0.837. The van der Waals surface area contributed by atoms with E-state index in [4.69, 9.17) is 0 Å². The molecule has 1 aromatic carbocycles. The van der Waals surface area contributed by atoms with Gasteiger partial charge in [0, 0.05) is 19.2 Å². The Balaban J connectivity index is 1.55. The number of anilines is 1. The van der Waals surface area contributed by atoms with Crippen molar-refractivity contribution in [2.75, 3.05) is 11.9 Å². The summed E-state index contributed by atoms with van der Waals surface area (Å²) in [7, 11) is -3.59. The SMILES string of the molecule is O=C(CCNS(=O)(=O)c1ccc2c(c1)CCC2)Nc1cccnc1. The lowest BCUT2D eigenvalue weighted by Gasteiger charge is -2.09. The van der Waals surface area contributed by atoms with Gasteiger partial charge in [-0.1, -0.05) is 6.07 Å². The summed E-state index contributed by atoms with van der Waals surface area (Å²) in [6.45, 7) is 0.0471. The van der Waals surface area contributed by atoms with E-state index in [0.717, 1.165) is 24.8 Å². The topological polar surface area (TPSA) is 88.2 Å². The molecule has 1 aliphatic rings. The molecule has 1 amide bonds. The molecule has 0 atom stereocenters. The molecular formula is C17H19N3O3S. The number of aryl methyl sites for hydroxylation is 2. The zero-order valence-corrected chi connectivity index (χ0v) is 14.0. The predicted octanol–water partition coefficient (Wildman–Crippen LogP) is 1.88. The van der Waals surface area contributed by atoms with Gasteiger partial charge in [0.2, 0.25) is 15.9 Å². The van der Waals surface area contributed by atoms with Crippen molar-refractivity contribution in [1.29, 1.82) is 0 Å². The zero-order chi connectivity index (χ0) is 17.0.